The van der Waals surface area contributed by atoms with Crippen LogP contribution in [0.2, 0.25) is 0 Å². The van der Waals surface area contributed by atoms with Crippen molar-refractivity contribution in [1.29, 1.82) is 0 Å². The van der Waals surface area contributed by atoms with Crippen molar-refractivity contribution in [2.24, 2.45) is 0 Å². The Balaban J connectivity index is 0.00000261. The van der Waals surface area contributed by atoms with E-state index in [2.05, 4.69) is 0 Å². The predicted molar refractivity (Wildman–Crippen MR) is 104 cm³/mol. The smallest absolute Gasteiger partial charge is 0.269 e. The first-order valence-corrected chi connectivity index (χ1v) is 8.22. The summed E-state index contributed by atoms with van der Waals surface area (Å²) in [6.07, 6.45) is -0.695. The molecule has 0 radical (unpaired) electrons. The quantitative estimate of drug-likeness (QED) is 0.465. The van der Waals surface area contributed by atoms with Crippen LogP contribution < -0.4 is 4.74 Å². The molecule has 0 amide bonds. The Morgan fingerprint density at radius 3 is 2.59 bits per heavy atom. The monoisotopic (exact) mass is 392 g/mol. The molecule has 144 valence electrons. The van der Waals surface area contributed by atoms with Crippen LogP contribution in [0, 0.1) is 10.1 Å². The van der Waals surface area contributed by atoms with E-state index in [-0.39, 0.29) is 24.7 Å². The molecular weight excluding hydrogens is 372 g/mol. The molecule has 0 saturated heterocycles. The molecule has 1 N–H and O–H groups in total. The van der Waals surface area contributed by atoms with E-state index in [1.165, 1.54) is 24.3 Å². The molecule has 0 saturated carbocycles. The van der Waals surface area contributed by atoms with Gasteiger partial charge < -0.3 is 14.3 Å². The van der Waals surface area contributed by atoms with Crippen molar-refractivity contribution >= 4 is 29.1 Å². The van der Waals surface area contributed by atoms with Gasteiger partial charge in [-0.3, -0.25) is 15.0 Å². The summed E-state index contributed by atoms with van der Waals surface area (Å²) in [5.74, 6) is 1.31. The second kappa shape index (κ2) is 9.36. The highest BCUT2D eigenvalue weighted by atomic mass is 35.5. The van der Waals surface area contributed by atoms with Crippen LogP contribution >= 0.6 is 12.4 Å². The number of nitro benzene ring substituents is 1. The third kappa shape index (κ3) is 5.68. The number of para-hydroxylation sites is 1. The number of hydrogen-bond acceptors (Lipinski definition) is 6. The molecule has 0 spiro atoms. The van der Waals surface area contributed by atoms with Crippen LogP contribution in [0.4, 0.5) is 5.69 Å². The van der Waals surface area contributed by atoms with Gasteiger partial charge in [0, 0.05) is 24.1 Å². The fourth-order valence-electron chi connectivity index (χ4n) is 2.71. The Labute approximate surface area is 162 Å². The number of ether oxygens (including phenoxy) is 1. The Morgan fingerprint density at radius 1 is 1.22 bits per heavy atom. The summed E-state index contributed by atoms with van der Waals surface area (Å²) in [6.45, 7) is 1.08. The molecule has 0 aliphatic heterocycles. The van der Waals surface area contributed by atoms with Gasteiger partial charge in [-0.25, -0.2) is 0 Å². The van der Waals surface area contributed by atoms with E-state index >= 15 is 0 Å². The van der Waals surface area contributed by atoms with Crippen LogP contribution in [0.5, 0.6) is 5.75 Å². The SMILES string of the molecule is CN(Cc1cc2ccccc2o1)CC(O)COc1ccc([N+](=O)[O-])cc1.Cl. The number of aliphatic hydroxyl groups is 1. The van der Waals surface area contributed by atoms with E-state index < -0.39 is 11.0 Å². The molecule has 0 bridgehead atoms. The number of nitrogens with zero attached hydrogens (tertiary/aromatic N) is 2. The Morgan fingerprint density at radius 2 is 1.93 bits per heavy atom. The number of non-ortho nitro benzene ring substituents is 1. The lowest BCUT2D eigenvalue weighted by Crippen LogP contribution is -2.32. The number of hydrogen-bond donors (Lipinski definition) is 1. The fraction of sp³-hybridized carbons (Fsp3) is 0.263. The molecule has 1 atom stereocenters. The lowest BCUT2D eigenvalue weighted by Gasteiger charge is -2.19. The molecule has 2 aromatic carbocycles. The summed E-state index contributed by atoms with van der Waals surface area (Å²) in [4.78, 5) is 12.1. The topological polar surface area (TPSA) is 89.0 Å². The van der Waals surface area contributed by atoms with Crippen LogP contribution in [-0.4, -0.2) is 41.2 Å². The third-order valence-electron chi connectivity index (χ3n) is 3.91. The molecule has 8 heteroatoms. The summed E-state index contributed by atoms with van der Waals surface area (Å²) < 4.78 is 11.2. The highest BCUT2D eigenvalue weighted by molar-refractivity contribution is 5.85. The molecule has 0 aliphatic rings. The van der Waals surface area contributed by atoms with E-state index in [4.69, 9.17) is 9.15 Å². The maximum atomic E-state index is 10.6. The van der Waals surface area contributed by atoms with Crippen molar-refractivity contribution < 1.29 is 19.2 Å². The number of fused-ring (bicyclic) bond motifs is 1. The molecule has 0 aliphatic carbocycles. The molecule has 1 aromatic heterocycles. The van der Waals surface area contributed by atoms with Crippen LogP contribution in [0.15, 0.2) is 59.0 Å². The first-order valence-electron chi connectivity index (χ1n) is 8.22. The molecular formula is C19H21ClN2O5. The summed E-state index contributed by atoms with van der Waals surface area (Å²) in [5, 5.41) is 21.8. The maximum Gasteiger partial charge on any atom is 0.269 e. The van der Waals surface area contributed by atoms with Gasteiger partial charge in [-0.1, -0.05) is 18.2 Å². The van der Waals surface area contributed by atoms with Gasteiger partial charge in [0.25, 0.3) is 5.69 Å². The van der Waals surface area contributed by atoms with E-state index in [0.717, 1.165) is 16.7 Å². The minimum Gasteiger partial charge on any atom is -0.491 e. The molecule has 1 heterocycles. The second-order valence-electron chi connectivity index (χ2n) is 6.16. The van der Waals surface area contributed by atoms with Crippen LogP contribution in [0.25, 0.3) is 11.0 Å². The molecule has 0 fully saturated rings. The van der Waals surface area contributed by atoms with Crippen LogP contribution in [-0.2, 0) is 6.54 Å². The first kappa shape index (κ1) is 20.7. The standard InChI is InChI=1S/C19H20N2O5.ClH/c1-20(12-18-10-14-4-2-3-5-19(14)26-18)11-16(22)13-25-17-8-6-15(7-9-17)21(23)24;/h2-10,16,22H,11-13H2,1H3;1H. The predicted octanol–water partition coefficient (Wildman–Crippen LogP) is 3.63. The Bertz CT molecular complexity index is 848. The van der Waals surface area contributed by atoms with E-state index in [0.29, 0.717) is 18.8 Å². The summed E-state index contributed by atoms with van der Waals surface area (Å²) >= 11 is 0. The highest BCUT2D eigenvalue weighted by Crippen LogP contribution is 2.20. The second-order valence-corrected chi connectivity index (χ2v) is 6.16. The van der Waals surface area contributed by atoms with Crippen molar-refractivity contribution in [1.82, 2.24) is 4.90 Å². The van der Waals surface area contributed by atoms with E-state index in [1.54, 1.807) is 0 Å². The van der Waals surface area contributed by atoms with Gasteiger partial charge >= 0.3 is 0 Å². The first-order chi connectivity index (χ1) is 12.5. The number of furan rings is 1. The average Bonchev–Trinajstić information content (AvgIpc) is 3.02. The summed E-state index contributed by atoms with van der Waals surface area (Å²) in [5.41, 5.74) is 0.849. The minimum atomic E-state index is -0.695. The van der Waals surface area contributed by atoms with Gasteiger partial charge in [0.2, 0.25) is 0 Å². The number of aliphatic hydroxyl groups excluding tert-OH is 1. The largest absolute Gasteiger partial charge is 0.491 e. The highest BCUT2D eigenvalue weighted by Gasteiger charge is 2.12. The zero-order chi connectivity index (χ0) is 18.5. The third-order valence-corrected chi connectivity index (χ3v) is 3.91. The normalized spacial score (nSPS) is 12.0. The molecule has 3 rings (SSSR count). The fourth-order valence-corrected chi connectivity index (χ4v) is 2.71. The average molecular weight is 393 g/mol. The summed E-state index contributed by atoms with van der Waals surface area (Å²) in [7, 11) is 1.89. The maximum absolute atomic E-state index is 10.6. The molecule has 27 heavy (non-hydrogen) atoms. The molecule has 3 aromatic rings. The van der Waals surface area contributed by atoms with E-state index in [9.17, 15) is 15.2 Å². The lowest BCUT2D eigenvalue weighted by molar-refractivity contribution is -0.384. The molecule has 1 unspecified atom stereocenters. The zero-order valence-corrected chi connectivity index (χ0v) is 15.6. The Kier molecular flexibility index (Phi) is 7.18. The molecule has 7 nitrogen and oxygen atoms in total. The van der Waals surface area contributed by atoms with Gasteiger partial charge in [0.1, 0.15) is 29.8 Å². The Hall–Kier alpha value is -2.61. The number of benzene rings is 2. The number of halogens is 1. The van der Waals surface area contributed by atoms with Crippen LogP contribution in [0.3, 0.4) is 0 Å². The van der Waals surface area contributed by atoms with Gasteiger partial charge in [0.15, 0.2) is 0 Å². The van der Waals surface area contributed by atoms with Gasteiger partial charge in [-0.05, 0) is 31.3 Å². The van der Waals surface area contributed by atoms with E-state index in [1.807, 2.05) is 42.3 Å². The number of rotatable bonds is 8. The van der Waals surface area contributed by atoms with Gasteiger partial charge in [-0.15, -0.1) is 12.4 Å². The van der Waals surface area contributed by atoms with Crippen molar-refractivity contribution in [3.8, 4) is 5.75 Å². The lowest BCUT2D eigenvalue weighted by atomic mass is 10.2. The van der Waals surface area contributed by atoms with Gasteiger partial charge in [-0.2, -0.15) is 0 Å². The van der Waals surface area contributed by atoms with Crippen molar-refractivity contribution in [3.05, 3.63) is 70.5 Å². The van der Waals surface area contributed by atoms with Crippen molar-refractivity contribution in [3.63, 3.8) is 0 Å². The zero-order valence-electron chi connectivity index (χ0n) is 14.8. The van der Waals surface area contributed by atoms with Crippen molar-refractivity contribution in [2.45, 2.75) is 12.6 Å². The van der Waals surface area contributed by atoms with Crippen molar-refractivity contribution in [2.75, 3.05) is 20.2 Å². The van der Waals surface area contributed by atoms with Crippen LogP contribution in [0.1, 0.15) is 5.76 Å². The number of likely N-dealkylation sites (N-methyl/N-ethyl adjacent to an activating group) is 1. The minimum absolute atomic E-state index is 0. The number of nitro groups is 1. The van der Waals surface area contributed by atoms with Gasteiger partial charge in [0.05, 0.1) is 11.5 Å². The summed E-state index contributed by atoms with van der Waals surface area (Å²) in [6, 6.07) is 15.6.